The summed E-state index contributed by atoms with van der Waals surface area (Å²) in [5.74, 6) is 0.360. The molecule has 5 heteroatoms. The average Bonchev–Trinajstić information content (AvgIpc) is 3.09. The van der Waals surface area contributed by atoms with Crippen molar-refractivity contribution in [2.75, 3.05) is 6.54 Å². The van der Waals surface area contributed by atoms with Crippen LogP contribution < -0.4 is 11.1 Å². The topological polar surface area (TPSA) is 55.1 Å². The molecule has 17 heavy (non-hydrogen) atoms. The van der Waals surface area contributed by atoms with Crippen molar-refractivity contribution < 1.29 is 4.79 Å². The van der Waals surface area contributed by atoms with Gasteiger partial charge in [0.1, 0.15) is 0 Å². The molecule has 1 aliphatic rings. The summed E-state index contributed by atoms with van der Waals surface area (Å²) in [6.07, 6.45) is 2.33. The maximum absolute atomic E-state index is 11.8. The molecule has 92 valence electrons. The summed E-state index contributed by atoms with van der Waals surface area (Å²) in [5, 5.41) is 3.66. The van der Waals surface area contributed by atoms with E-state index in [1.165, 1.54) is 12.8 Å². The quantitative estimate of drug-likeness (QED) is 0.885. The van der Waals surface area contributed by atoms with Crippen LogP contribution in [0.1, 0.15) is 23.2 Å². The molecule has 1 atom stereocenters. The molecule has 1 aromatic rings. The fourth-order valence-electron chi connectivity index (χ4n) is 1.67. The zero-order chi connectivity index (χ0) is 12.4. The molecule has 1 amide bonds. The molecular formula is C12H14Cl2N2O. The molecule has 0 aliphatic heterocycles. The number of rotatable bonds is 4. The van der Waals surface area contributed by atoms with E-state index in [4.69, 9.17) is 28.9 Å². The average molecular weight is 273 g/mol. The Hall–Kier alpha value is -0.770. The van der Waals surface area contributed by atoms with E-state index in [2.05, 4.69) is 5.32 Å². The van der Waals surface area contributed by atoms with Crippen LogP contribution in [0.15, 0.2) is 18.2 Å². The van der Waals surface area contributed by atoms with Crippen LogP contribution in [-0.4, -0.2) is 18.5 Å². The molecule has 0 heterocycles. The number of hydrogen-bond acceptors (Lipinski definition) is 2. The summed E-state index contributed by atoms with van der Waals surface area (Å²) in [4.78, 5) is 11.8. The maximum Gasteiger partial charge on any atom is 0.252 e. The van der Waals surface area contributed by atoms with E-state index in [9.17, 15) is 4.79 Å². The first kappa shape index (κ1) is 12.7. The van der Waals surface area contributed by atoms with Crippen molar-refractivity contribution in [3.63, 3.8) is 0 Å². The SMILES string of the molecule is NC(CNC(=O)c1ccc(Cl)cc1Cl)C1CC1. The van der Waals surface area contributed by atoms with E-state index < -0.39 is 0 Å². The maximum atomic E-state index is 11.8. The van der Waals surface area contributed by atoms with Crippen LogP contribution in [0.4, 0.5) is 0 Å². The number of nitrogens with one attached hydrogen (secondary N) is 1. The van der Waals surface area contributed by atoms with Gasteiger partial charge in [0.15, 0.2) is 0 Å². The van der Waals surface area contributed by atoms with E-state index in [0.29, 0.717) is 28.1 Å². The monoisotopic (exact) mass is 272 g/mol. The van der Waals surface area contributed by atoms with Gasteiger partial charge in [-0.25, -0.2) is 0 Å². The van der Waals surface area contributed by atoms with E-state index in [-0.39, 0.29) is 11.9 Å². The molecule has 2 rings (SSSR count). The Morgan fingerprint density at radius 1 is 1.47 bits per heavy atom. The van der Waals surface area contributed by atoms with Crippen LogP contribution >= 0.6 is 23.2 Å². The summed E-state index contributed by atoms with van der Waals surface area (Å²) in [6.45, 7) is 0.489. The van der Waals surface area contributed by atoms with Gasteiger partial charge in [0, 0.05) is 17.6 Å². The Morgan fingerprint density at radius 3 is 2.76 bits per heavy atom. The lowest BCUT2D eigenvalue weighted by molar-refractivity contribution is 0.0950. The molecule has 1 saturated carbocycles. The summed E-state index contributed by atoms with van der Waals surface area (Å²) >= 11 is 11.7. The summed E-state index contributed by atoms with van der Waals surface area (Å²) < 4.78 is 0. The largest absolute Gasteiger partial charge is 0.350 e. The third kappa shape index (κ3) is 3.35. The number of carbonyl (C=O) groups is 1. The number of carbonyl (C=O) groups excluding carboxylic acids is 1. The minimum atomic E-state index is -0.206. The third-order valence-corrected chi connectivity index (χ3v) is 3.45. The predicted molar refractivity (Wildman–Crippen MR) is 69.5 cm³/mol. The highest BCUT2D eigenvalue weighted by molar-refractivity contribution is 6.36. The molecule has 0 saturated heterocycles. The summed E-state index contributed by atoms with van der Waals surface area (Å²) in [7, 11) is 0. The second kappa shape index (κ2) is 5.25. The van der Waals surface area contributed by atoms with Crippen LogP contribution in [0.2, 0.25) is 10.0 Å². The van der Waals surface area contributed by atoms with E-state index >= 15 is 0 Å². The molecule has 1 fully saturated rings. The second-order valence-corrected chi connectivity index (χ2v) is 5.18. The van der Waals surface area contributed by atoms with Gasteiger partial charge in [-0.15, -0.1) is 0 Å². The van der Waals surface area contributed by atoms with Crippen LogP contribution in [0.5, 0.6) is 0 Å². The van der Waals surface area contributed by atoms with Gasteiger partial charge < -0.3 is 11.1 Å². The van der Waals surface area contributed by atoms with E-state index in [1.807, 2.05) is 0 Å². The number of benzene rings is 1. The second-order valence-electron chi connectivity index (χ2n) is 4.34. The number of amides is 1. The highest BCUT2D eigenvalue weighted by Crippen LogP contribution is 2.31. The predicted octanol–water partition coefficient (Wildman–Crippen LogP) is 2.46. The highest BCUT2D eigenvalue weighted by Gasteiger charge is 2.28. The molecule has 0 radical (unpaired) electrons. The van der Waals surface area contributed by atoms with E-state index in [1.54, 1.807) is 18.2 Å². The Balaban J connectivity index is 1.94. The molecule has 0 bridgehead atoms. The molecular weight excluding hydrogens is 259 g/mol. The van der Waals surface area contributed by atoms with Crippen LogP contribution in [-0.2, 0) is 0 Å². The lowest BCUT2D eigenvalue weighted by Crippen LogP contribution is -2.38. The minimum Gasteiger partial charge on any atom is -0.350 e. The standard InChI is InChI=1S/C12H14Cl2N2O/c13-8-3-4-9(10(14)5-8)12(17)16-6-11(15)7-1-2-7/h3-5,7,11H,1-2,6,15H2,(H,16,17). The molecule has 0 aromatic heterocycles. The van der Waals surface area contributed by atoms with Crippen molar-refractivity contribution in [3.8, 4) is 0 Å². The summed E-state index contributed by atoms with van der Waals surface area (Å²) in [5.41, 5.74) is 6.33. The lowest BCUT2D eigenvalue weighted by Gasteiger charge is -2.12. The van der Waals surface area contributed by atoms with Gasteiger partial charge >= 0.3 is 0 Å². The normalized spacial score (nSPS) is 16.6. The van der Waals surface area contributed by atoms with Gasteiger partial charge in [0.2, 0.25) is 0 Å². The van der Waals surface area contributed by atoms with Crippen molar-refractivity contribution in [2.45, 2.75) is 18.9 Å². The molecule has 3 N–H and O–H groups in total. The van der Waals surface area contributed by atoms with Gasteiger partial charge in [0.05, 0.1) is 10.6 Å². The van der Waals surface area contributed by atoms with Crippen molar-refractivity contribution in [1.82, 2.24) is 5.32 Å². The van der Waals surface area contributed by atoms with Gasteiger partial charge in [-0.1, -0.05) is 23.2 Å². The first-order valence-electron chi connectivity index (χ1n) is 5.57. The van der Waals surface area contributed by atoms with Crippen LogP contribution in [0, 0.1) is 5.92 Å². The van der Waals surface area contributed by atoms with Gasteiger partial charge in [0.25, 0.3) is 5.91 Å². The first-order chi connectivity index (χ1) is 8.08. The molecule has 0 spiro atoms. The number of nitrogens with two attached hydrogens (primary N) is 1. The number of hydrogen-bond donors (Lipinski definition) is 2. The van der Waals surface area contributed by atoms with Crippen molar-refractivity contribution in [2.24, 2.45) is 11.7 Å². The Labute approximate surface area is 110 Å². The Morgan fingerprint density at radius 2 is 2.18 bits per heavy atom. The zero-order valence-electron chi connectivity index (χ0n) is 9.25. The molecule has 3 nitrogen and oxygen atoms in total. The van der Waals surface area contributed by atoms with Gasteiger partial charge in [-0.2, -0.15) is 0 Å². The third-order valence-electron chi connectivity index (χ3n) is 2.90. The van der Waals surface area contributed by atoms with Gasteiger partial charge in [-0.05, 0) is 37.0 Å². The molecule has 1 aromatic carbocycles. The fraction of sp³-hybridized carbons (Fsp3) is 0.417. The van der Waals surface area contributed by atoms with Crippen molar-refractivity contribution in [1.29, 1.82) is 0 Å². The smallest absolute Gasteiger partial charge is 0.252 e. The fourth-order valence-corrected chi connectivity index (χ4v) is 2.16. The molecule has 1 unspecified atom stereocenters. The van der Waals surface area contributed by atoms with Crippen molar-refractivity contribution in [3.05, 3.63) is 33.8 Å². The minimum absolute atomic E-state index is 0.0463. The van der Waals surface area contributed by atoms with Crippen molar-refractivity contribution >= 4 is 29.1 Å². The Kier molecular flexibility index (Phi) is 3.92. The van der Waals surface area contributed by atoms with E-state index in [0.717, 1.165) is 0 Å². The van der Waals surface area contributed by atoms with Gasteiger partial charge in [-0.3, -0.25) is 4.79 Å². The lowest BCUT2D eigenvalue weighted by atomic mass is 10.2. The first-order valence-corrected chi connectivity index (χ1v) is 6.32. The Bertz CT molecular complexity index is 433. The van der Waals surface area contributed by atoms with Crippen LogP contribution in [0.3, 0.4) is 0 Å². The number of halogens is 2. The van der Waals surface area contributed by atoms with Crippen LogP contribution in [0.25, 0.3) is 0 Å². The molecule has 1 aliphatic carbocycles. The highest BCUT2D eigenvalue weighted by atomic mass is 35.5. The summed E-state index contributed by atoms with van der Waals surface area (Å²) in [6, 6.07) is 4.86. The zero-order valence-corrected chi connectivity index (χ0v) is 10.8.